The van der Waals surface area contributed by atoms with Gasteiger partial charge in [0.1, 0.15) is 18.7 Å². The zero-order chi connectivity index (χ0) is 32.4. The maximum Gasteiger partial charge on any atom is 0.229 e. The molecule has 4 heterocycles. The summed E-state index contributed by atoms with van der Waals surface area (Å²) in [7, 11) is 0.940. The van der Waals surface area contributed by atoms with Crippen molar-refractivity contribution in [3.05, 3.63) is 59.0 Å². The van der Waals surface area contributed by atoms with Crippen LogP contribution in [0, 0.1) is 0 Å². The Morgan fingerprint density at radius 1 is 1.00 bits per heavy atom. The van der Waals surface area contributed by atoms with Gasteiger partial charge in [-0.1, -0.05) is 13.0 Å². The Balaban J connectivity index is 1.23. The predicted octanol–water partition coefficient (Wildman–Crippen LogP) is 7.01. The fourth-order valence-electron chi connectivity index (χ4n) is 6.63. The van der Waals surface area contributed by atoms with Gasteiger partial charge in [-0.3, -0.25) is 4.68 Å². The first-order valence-corrected chi connectivity index (χ1v) is 19.5. The van der Waals surface area contributed by atoms with Crippen LogP contribution in [0.1, 0.15) is 38.2 Å². The van der Waals surface area contributed by atoms with E-state index < -0.39 is 7.14 Å². The minimum atomic E-state index is -2.65. The van der Waals surface area contributed by atoms with Gasteiger partial charge in [-0.15, -0.1) is 0 Å². The predicted molar refractivity (Wildman–Crippen MR) is 192 cm³/mol. The molecule has 2 fully saturated rings. The van der Waals surface area contributed by atoms with Crippen LogP contribution in [0.5, 0.6) is 5.75 Å². The first kappa shape index (κ1) is 32.5. The third-order valence-electron chi connectivity index (χ3n) is 9.10. The van der Waals surface area contributed by atoms with Crippen LogP contribution in [0.25, 0.3) is 11.1 Å². The van der Waals surface area contributed by atoms with Crippen molar-refractivity contribution < 1.29 is 9.30 Å². The monoisotopic (exact) mass is 706 g/mol. The summed E-state index contributed by atoms with van der Waals surface area (Å²) in [6.07, 6.45) is 11.5. The first-order chi connectivity index (χ1) is 22.1. The summed E-state index contributed by atoms with van der Waals surface area (Å²) in [4.78, 5) is 14.6. The van der Waals surface area contributed by atoms with Crippen LogP contribution in [-0.2, 0) is 18.0 Å². The number of nitrogens with zero attached hydrogens (tertiary/aromatic N) is 6. The van der Waals surface area contributed by atoms with Crippen molar-refractivity contribution in [3.8, 4) is 16.9 Å². The number of methoxy groups -OCH3 is 1. The van der Waals surface area contributed by atoms with Crippen molar-refractivity contribution in [2.75, 3.05) is 62.2 Å². The number of rotatable bonds is 10. The Labute approximate surface area is 280 Å². The number of nitrogens with one attached hydrogen (secondary N) is 2. The molecule has 0 atom stereocenters. The summed E-state index contributed by atoms with van der Waals surface area (Å²) in [6.45, 7) is 10.4. The SMILES string of the molecule is CCc1cc(Nc2ncc(Br)c(Nc3ccc(-c4cnn(C)c4)cc3P(C)(C)=O)n2)c(OC)cc1N1CCC(N2CCCC2)CC1. The van der Waals surface area contributed by atoms with E-state index in [2.05, 4.69) is 65.5 Å². The number of aryl methyl sites for hydroxylation is 2. The molecule has 2 N–H and O–H groups in total. The lowest BCUT2D eigenvalue weighted by atomic mass is 10.0. The standard InChI is InChI=1S/C34H44BrN8O2P/c1-6-23-17-29(31(45-3)19-30(23)43-15-11-26(12-16-43)42-13-7-8-14-42)39-34-36-21-27(35)33(40-34)38-28-10-9-24(18-32(28)46(4,5)44)25-20-37-41(2)22-25/h9-10,17-22,26H,6-8,11-16H2,1-5H3,(H2,36,38,39,40). The lowest BCUT2D eigenvalue weighted by molar-refractivity contribution is 0.208. The molecule has 12 heteroatoms. The molecule has 244 valence electrons. The number of piperidine rings is 1. The molecule has 0 aliphatic carbocycles. The van der Waals surface area contributed by atoms with E-state index in [1.54, 1.807) is 31.3 Å². The minimum absolute atomic E-state index is 0.426. The van der Waals surface area contributed by atoms with Crippen LogP contribution in [0.2, 0.25) is 0 Å². The van der Waals surface area contributed by atoms with Crippen molar-refractivity contribution in [2.24, 2.45) is 7.05 Å². The lowest BCUT2D eigenvalue weighted by Crippen LogP contribution is -2.44. The summed E-state index contributed by atoms with van der Waals surface area (Å²) in [5, 5.41) is 11.8. The van der Waals surface area contributed by atoms with E-state index in [4.69, 9.17) is 9.72 Å². The summed E-state index contributed by atoms with van der Waals surface area (Å²) < 4.78 is 21.8. The molecule has 0 unspecified atom stereocenters. The van der Waals surface area contributed by atoms with E-state index in [1.807, 2.05) is 37.6 Å². The Morgan fingerprint density at radius 3 is 2.41 bits per heavy atom. The normalized spacial score (nSPS) is 16.2. The van der Waals surface area contributed by atoms with Crippen LogP contribution in [-0.4, -0.2) is 77.3 Å². The second-order valence-electron chi connectivity index (χ2n) is 12.6. The van der Waals surface area contributed by atoms with Crippen LogP contribution >= 0.6 is 23.1 Å². The number of halogens is 1. The number of hydrogen-bond donors (Lipinski definition) is 2. The van der Waals surface area contributed by atoms with Gasteiger partial charge in [0, 0.05) is 61.2 Å². The summed E-state index contributed by atoms with van der Waals surface area (Å²) in [5.41, 5.74) is 5.98. The van der Waals surface area contributed by atoms with Crippen LogP contribution < -0.4 is 25.6 Å². The number of ether oxygens (including phenoxy) is 1. The Kier molecular flexibility index (Phi) is 9.73. The van der Waals surface area contributed by atoms with Crippen LogP contribution in [0.3, 0.4) is 0 Å². The molecule has 6 rings (SSSR count). The van der Waals surface area contributed by atoms with E-state index in [0.29, 0.717) is 22.3 Å². The van der Waals surface area contributed by atoms with Gasteiger partial charge in [-0.25, -0.2) is 4.98 Å². The highest BCUT2D eigenvalue weighted by molar-refractivity contribution is 9.10. The molecular weight excluding hydrogens is 663 g/mol. The molecule has 0 spiro atoms. The molecule has 10 nitrogen and oxygen atoms in total. The highest BCUT2D eigenvalue weighted by Gasteiger charge is 2.28. The maximum atomic E-state index is 13.4. The van der Waals surface area contributed by atoms with Gasteiger partial charge in [0.25, 0.3) is 0 Å². The molecule has 2 aromatic heterocycles. The molecule has 0 radical (unpaired) electrons. The number of benzene rings is 2. The number of likely N-dealkylation sites (tertiary alicyclic amines) is 1. The smallest absolute Gasteiger partial charge is 0.229 e. The third-order valence-corrected chi connectivity index (χ3v) is 11.2. The molecule has 2 aliphatic rings. The average molecular weight is 708 g/mol. The first-order valence-electron chi connectivity index (χ1n) is 16.1. The number of anilines is 5. The minimum Gasteiger partial charge on any atom is -0.494 e. The van der Waals surface area contributed by atoms with Crippen molar-refractivity contribution in [1.29, 1.82) is 0 Å². The topological polar surface area (TPSA) is 100 Å². The van der Waals surface area contributed by atoms with E-state index in [9.17, 15) is 4.57 Å². The Bertz CT molecular complexity index is 1740. The van der Waals surface area contributed by atoms with Crippen molar-refractivity contribution in [3.63, 3.8) is 0 Å². The van der Waals surface area contributed by atoms with E-state index in [1.165, 1.54) is 50.0 Å². The zero-order valence-electron chi connectivity index (χ0n) is 27.4. The third kappa shape index (κ3) is 7.11. The molecule has 2 aromatic carbocycles. The highest BCUT2D eigenvalue weighted by Crippen LogP contribution is 2.41. The Morgan fingerprint density at radius 2 is 1.76 bits per heavy atom. The summed E-state index contributed by atoms with van der Waals surface area (Å²) in [5.74, 6) is 1.74. The summed E-state index contributed by atoms with van der Waals surface area (Å²) >= 11 is 3.60. The fraction of sp³-hybridized carbons (Fsp3) is 0.441. The van der Waals surface area contributed by atoms with Gasteiger partial charge in [0.2, 0.25) is 5.95 Å². The molecule has 0 amide bonds. The van der Waals surface area contributed by atoms with E-state index >= 15 is 0 Å². The Hall–Kier alpha value is -3.40. The van der Waals surface area contributed by atoms with Crippen LogP contribution in [0.4, 0.5) is 28.8 Å². The molecule has 2 aliphatic heterocycles. The van der Waals surface area contributed by atoms with Gasteiger partial charge in [-0.05, 0) is 104 Å². The molecular formula is C34H44BrN8O2P. The van der Waals surface area contributed by atoms with Crippen molar-refractivity contribution in [2.45, 2.75) is 45.1 Å². The average Bonchev–Trinajstić information content (AvgIpc) is 3.75. The maximum absolute atomic E-state index is 13.4. The number of aromatic nitrogens is 4. The van der Waals surface area contributed by atoms with Gasteiger partial charge in [-0.2, -0.15) is 10.1 Å². The van der Waals surface area contributed by atoms with Gasteiger partial charge in [0.15, 0.2) is 0 Å². The molecule has 0 saturated carbocycles. The number of hydrogen-bond acceptors (Lipinski definition) is 9. The largest absolute Gasteiger partial charge is 0.494 e. The molecule has 4 aromatic rings. The highest BCUT2D eigenvalue weighted by atomic mass is 79.9. The molecule has 46 heavy (non-hydrogen) atoms. The van der Waals surface area contributed by atoms with Gasteiger partial charge >= 0.3 is 0 Å². The van der Waals surface area contributed by atoms with Crippen molar-refractivity contribution >= 4 is 57.2 Å². The molecule has 2 saturated heterocycles. The molecule has 0 bridgehead atoms. The zero-order valence-corrected chi connectivity index (χ0v) is 29.9. The summed E-state index contributed by atoms with van der Waals surface area (Å²) in [6, 6.07) is 11.0. The van der Waals surface area contributed by atoms with Crippen molar-refractivity contribution in [1.82, 2.24) is 24.6 Å². The lowest BCUT2D eigenvalue weighted by Gasteiger charge is -2.38. The van der Waals surface area contributed by atoms with E-state index in [-0.39, 0.29) is 0 Å². The van der Waals surface area contributed by atoms with Gasteiger partial charge in [0.05, 0.1) is 29.2 Å². The second-order valence-corrected chi connectivity index (χ2v) is 16.7. The van der Waals surface area contributed by atoms with Crippen LogP contribution in [0.15, 0.2) is 53.4 Å². The fourth-order valence-corrected chi connectivity index (χ4v) is 8.08. The van der Waals surface area contributed by atoms with E-state index in [0.717, 1.165) is 53.1 Å². The van der Waals surface area contributed by atoms with Gasteiger partial charge < -0.3 is 29.7 Å². The second kappa shape index (κ2) is 13.8. The quantitative estimate of drug-likeness (QED) is 0.169.